The molecular weight excluding hydrogens is 186 g/mol. The van der Waals surface area contributed by atoms with E-state index < -0.39 is 5.92 Å². The topological polar surface area (TPSA) is 9.23 Å². The Morgan fingerprint density at radius 1 is 1.57 bits per heavy atom. The van der Waals surface area contributed by atoms with E-state index in [0.717, 1.165) is 25.5 Å². The molecule has 0 amide bonds. The highest BCUT2D eigenvalue weighted by Gasteiger charge is 2.49. The lowest BCUT2D eigenvalue weighted by Crippen LogP contribution is -2.37. The molecule has 1 aliphatic heterocycles. The first kappa shape index (κ1) is 10.1. The second kappa shape index (κ2) is 3.30. The van der Waals surface area contributed by atoms with E-state index in [0.29, 0.717) is 12.5 Å². The molecule has 2 aliphatic rings. The first-order valence-corrected chi connectivity index (χ1v) is 5.24. The van der Waals surface area contributed by atoms with Crippen LogP contribution in [0.1, 0.15) is 26.2 Å². The quantitative estimate of drug-likeness (QED) is 0.639. The SMILES string of the molecule is CCC(F)(F)/C=C/C12CCC1COC2. The van der Waals surface area contributed by atoms with Crippen LogP contribution in [0.4, 0.5) is 8.78 Å². The minimum absolute atomic E-state index is 0.0431. The summed E-state index contributed by atoms with van der Waals surface area (Å²) < 4.78 is 31.3. The van der Waals surface area contributed by atoms with Crippen molar-refractivity contribution in [3.63, 3.8) is 0 Å². The third-order valence-corrected chi connectivity index (χ3v) is 3.59. The molecule has 1 saturated heterocycles. The van der Waals surface area contributed by atoms with Gasteiger partial charge in [0, 0.05) is 11.8 Å². The Morgan fingerprint density at radius 3 is 2.86 bits per heavy atom. The van der Waals surface area contributed by atoms with Crippen molar-refractivity contribution in [2.45, 2.75) is 32.1 Å². The minimum atomic E-state index is -2.64. The number of alkyl halides is 2. The van der Waals surface area contributed by atoms with Gasteiger partial charge in [0.05, 0.1) is 13.2 Å². The zero-order chi connectivity index (χ0) is 10.2. The summed E-state index contributed by atoms with van der Waals surface area (Å²) in [5.41, 5.74) is -0.0431. The van der Waals surface area contributed by atoms with E-state index in [9.17, 15) is 8.78 Å². The summed E-state index contributed by atoms with van der Waals surface area (Å²) >= 11 is 0. The third kappa shape index (κ3) is 1.58. The van der Waals surface area contributed by atoms with Crippen molar-refractivity contribution in [2.24, 2.45) is 11.3 Å². The molecule has 1 nitrogen and oxygen atoms in total. The molecule has 2 fully saturated rings. The molecule has 2 atom stereocenters. The molecule has 0 aromatic rings. The van der Waals surface area contributed by atoms with Gasteiger partial charge in [0.25, 0.3) is 5.92 Å². The predicted molar refractivity (Wildman–Crippen MR) is 50.4 cm³/mol. The highest BCUT2D eigenvalue weighted by atomic mass is 19.3. The van der Waals surface area contributed by atoms with Gasteiger partial charge in [-0.1, -0.05) is 13.0 Å². The van der Waals surface area contributed by atoms with E-state index in [-0.39, 0.29) is 11.8 Å². The van der Waals surface area contributed by atoms with Crippen molar-refractivity contribution in [2.75, 3.05) is 13.2 Å². The summed E-state index contributed by atoms with van der Waals surface area (Å²) in [5.74, 6) is -2.15. The Morgan fingerprint density at radius 2 is 2.36 bits per heavy atom. The molecule has 0 aromatic carbocycles. The second-order valence-electron chi connectivity index (χ2n) is 4.43. The summed E-state index contributed by atoms with van der Waals surface area (Å²) in [6.45, 7) is 2.89. The van der Waals surface area contributed by atoms with Crippen molar-refractivity contribution in [1.82, 2.24) is 0 Å². The monoisotopic (exact) mass is 202 g/mol. The van der Waals surface area contributed by atoms with Crippen molar-refractivity contribution >= 4 is 0 Å². The lowest BCUT2D eigenvalue weighted by atomic mass is 9.62. The summed E-state index contributed by atoms with van der Waals surface area (Å²) in [5, 5.41) is 0. The molecule has 1 aliphatic carbocycles. The van der Waals surface area contributed by atoms with Gasteiger partial charge in [-0.2, -0.15) is 0 Å². The van der Waals surface area contributed by atoms with Crippen LogP contribution in [0.3, 0.4) is 0 Å². The maximum absolute atomic E-state index is 13.0. The number of rotatable bonds is 3. The van der Waals surface area contributed by atoms with Crippen LogP contribution in [0.15, 0.2) is 12.2 Å². The molecule has 0 aromatic heterocycles. The van der Waals surface area contributed by atoms with Crippen LogP contribution in [0.25, 0.3) is 0 Å². The van der Waals surface area contributed by atoms with Gasteiger partial charge in [-0.05, 0) is 24.8 Å². The van der Waals surface area contributed by atoms with Crippen LogP contribution >= 0.6 is 0 Å². The van der Waals surface area contributed by atoms with Crippen LogP contribution in [0.2, 0.25) is 0 Å². The molecule has 14 heavy (non-hydrogen) atoms. The number of hydrogen-bond donors (Lipinski definition) is 0. The van der Waals surface area contributed by atoms with E-state index in [4.69, 9.17) is 4.74 Å². The molecule has 0 bridgehead atoms. The molecule has 2 rings (SSSR count). The standard InChI is InChI=1S/C11H16F2O/c1-2-11(12,13)6-5-10-4-3-9(10)7-14-8-10/h5-6,9H,2-4,7-8H2,1H3/b6-5+. The average Bonchev–Trinajstić information content (AvgIpc) is 2.41. The zero-order valence-corrected chi connectivity index (χ0v) is 8.43. The number of ether oxygens (including phenoxy) is 1. The fourth-order valence-corrected chi connectivity index (χ4v) is 2.22. The Kier molecular flexibility index (Phi) is 2.38. The van der Waals surface area contributed by atoms with Gasteiger partial charge in [-0.25, -0.2) is 8.78 Å². The smallest absolute Gasteiger partial charge is 0.266 e. The lowest BCUT2D eigenvalue weighted by molar-refractivity contribution is 0.0470. The molecule has 0 N–H and O–H groups in total. The first-order chi connectivity index (χ1) is 6.58. The van der Waals surface area contributed by atoms with Gasteiger partial charge in [0.15, 0.2) is 0 Å². The molecule has 1 heterocycles. The summed E-state index contributed by atoms with van der Waals surface area (Å²) in [4.78, 5) is 0. The highest BCUT2D eigenvalue weighted by Crippen LogP contribution is 2.52. The van der Waals surface area contributed by atoms with Crippen LogP contribution in [-0.2, 0) is 4.74 Å². The molecule has 80 valence electrons. The Hall–Kier alpha value is -0.440. The van der Waals surface area contributed by atoms with E-state index in [1.807, 2.05) is 0 Å². The van der Waals surface area contributed by atoms with Crippen LogP contribution in [0.5, 0.6) is 0 Å². The number of hydrogen-bond acceptors (Lipinski definition) is 1. The molecular formula is C11H16F2O. The fourth-order valence-electron chi connectivity index (χ4n) is 2.22. The maximum atomic E-state index is 13.0. The van der Waals surface area contributed by atoms with Crippen molar-refractivity contribution < 1.29 is 13.5 Å². The Balaban J connectivity index is 2.03. The number of halogens is 2. The highest BCUT2D eigenvalue weighted by molar-refractivity contribution is 5.14. The van der Waals surface area contributed by atoms with E-state index in [1.165, 1.54) is 6.92 Å². The zero-order valence-electron chi connectivity index (χ0n) is 8.43. The van der Waals surface area contributed by atoms with Gasteiger partial charge in [0.1, 0.15) is 0 Å². The first-order valence-electron chi connectivity index (χ1n) is 5.24. The second-order valence-corrected chi connectivity index (χ2v) is 4.43. The number of allylic oxidation sites excluding steroid dienone is 1. The van der Waals surface area contributed by atoms with Crippen molar-refractivity contribution in [1.29, 1.82) is 0 Å². The van der Waals surface area contributed by atoms with Crippen LogP contribution in [0, 0.1) is 11.3 Å². The van der Waals surface area contributed by atoms with E-state index in [1.54, 1.807) is 6.08 Å². The molecule has 1 saturated carbocycles. The maximum Gasteiger partial charge on any atom is 0.266 e. The molecule has 2 unspecified atom stereocenters. The summed E-state index contributed by atoms with van der Waals surface area (Å²) in [6.07, 6.45) is 4.80. The Labute approximate surface area is 83.1 Å². The van der Waals surface area contributed by atoms with Crippen LogP contribution in [-0.4, -0.2) is 19.1 Å². The van der Waals surface area contributed by atoms with Gasteiger partial charge >= 0.3 is 0 Å². The summed E-state index contributed by atoms with van der Waals surface area (Å²) in [7, 11) is 0. The fraction of sp³-hybridized carbons (Fsp3) is 0.818. The molecule has 3 heteroatoms. The largest absolute Gasteiger partial charge is 0.380 e. The van der Waals surface area contributed by atoms with E-state index >= 15 is 0 Å². The van der Waals surface area contributed by atoms with Crippen molar-refractivity contribution in [3.05, 3.63) is 12.2 Å². The normalized spacial score (nSPS) is 37.2. The van der Waals surface area contributed by atoms with E-state index in [2.05, 4.69) is 0 Å². The average molecular weight is 202 g/mol. The minimum Gasteiger partial charge on any atom is -0.380 e. The van der Waals surface area contributed by atoms with Gasteiger partial charge in [-0.15, -0.1) is 0 Å². The van der Waals surface area contributed by atoms with Gasteiger partial charge in [0.2, 0.25) is 0 Å². The predicted octanol–water partition coefficient (Wildman–Crippen LogP) is 3.01. The Bertz CT molecular complexity index is 250. The molecule has 0 radical (unpaired) electrons. The van der Waals surface area contributed by atoms with Crippen LogP contribution < -0.4 is 0 Å². The molecule has 0 spiro atoms. The number of fused-ring (bicyclic) bond motifs is 1. The lowest BCUT2D eigenvalue weighted by Gasteiger charge is -2.41. The van der Waals surface area contributed by atoms with Gasteiger partial charge in [-0.3, -0.25) is 0 Å². The van der Waals surface area contributed by atoms with Gasteiger partial charge < -0.3 is 4.74 Å². The van der Waals surface area contributed by atoms with Crippen molar-refractivity contribution in [3.8, 4) is 0 Å². The summed E-state index contributed by atoms with van der Waals surface area (Å²) in [6, 6.07) is 0. The third-order valence-electron chi connectivity index (χ3n) is 3.59.